The molecule has 0 unspecified atom stereocenters. The first-order chi connectivity index (χ1) is 12.7. The van der Waals surface area contributed by atoms with E-state index >= 15 is 0 Å². The number of nitrogens with two attached hydrogens (primary N) is 1. The minimum atomic E-state index is -2.73. The Morgan fingerprint density at radius 1 is 1.11 bits per heavy atom. The minimum absolute atomic E-state index is 0.166. The van der Waals surface area contributed by atoms with Gasteiger partial charge in [-0.3, -0.25) is 0 Å². The number of hydrogen-bond acceptors (Lipinski definition) is 5. The van der Waals surface area contributed by atoms with Gasteiger partial charge in [0, 0.05) is 17.3 Å². The summed E-state index contributed by atoms with van der Waals surface area (Å²) in [5.74, 6) is -1.79. The first-order valence-corrected chi connectivity index (χ1v) is 8.70. The zero-order valence-electron chi connectivity index (χ0n) is 14.4. The Morgan fingerprint density at radius 3 is 2.44 bits per heavy atom. The summed E-state index contributed by atoms with van der Waals surface area (Å²) in [6.45, 7) is -0.806. The van der Waals surface area contributed by atoms with Crippen LogP contribution < -0.4 is 16.0 Å². The van der Waals surface area contributed by atoms with E-state index in [9.17, 15) is 17.6 Å². The van der Waals surface area contributed by atoms with Gasteiger partial charge in [-0.2, -0.15) is 0 Å². The molecule has 1 saturated heterocycles. The van der Waals surface area contributed by atoms with Crippen molar-refractivity contribution in [2.75, 3.05) is 23.3 Å². The van der Waals surface area contributed by atoms with Crippen LogP contribution in [0.25, 0.3) is 0 Å². The lowest BCUT2D eigenvalue weighted by Gasteiger charge is -2.42. The molecule has 0 spiro atoms. The number of halogens is 4. The van der Waals surface area contributed by atoms with E-state index in [4.69, 9.17) is 5.73 Å². The van der Waals surface area contributed by atoms with Crippen LogP contribution in [0.2, 0.25) is 0 Å². The van der Waals surface area contributed by atoms with Gasteiger partial charge in [-0.25, -0.2) is 27.5 Å². The molecule has 0 bridgehead atoms. The fourth-order valence-corrected chi connectivity index (χ4v) is 3.33. The molecule has 0 radical (unpaired) electrons. The highest BCUT2D eigenvalue weighted by atomic mass is 19.3. The quantitative estimate of drug-likeness (QED) is 0.768. The van der Waals surface area contributed by atoms with Crippen molar-refractivity contribution in [2.45, 2.75) is 37.1 Å². The molecule has 1 aliphatic carbocycles. The van der Waals surface area contributed by atoms with Gasteiger partial charge < -0.3 is 16.0 Å². The fraction of sp³-hybridized carbons (Fsp3) is 0.444. The van der Waals surface area contributed by atoms with E-state index in [0.717, 1.165) is 24.8 Å². The number of rotatable bonds is 5. The molecule has 9 heteroatoms. The van der Waals surface area contributed by atoms with Gasteiger partial charge >= 0.3 is 0 Å². The minimum Gasteiger partial charge on any atom is -0.344 e. The van der Waals surface area contributed by atoms with Gasteiger partial charge in [0.25, 0.3) is 12.3 Å². The maximum Gasteiger partial charge on any atom is 0.282 e. The normalized spacial score (nSPS) is 20.1. The second-order valence-corrected chi connectivity index (χ2v) is 7.22. The zero-order valence-corrected chi connectivity index (χ0v) is 14.4. The average molecular weight is 381 g/mol. The Hall–Kier alpha value is -2.42. The molecule has 1 saturated carbocycles. The van der Waals surface area contributed by atoms with Gasteiger partial charge in [0.1, 0.15) is 17.5 Å². The van der Waals surface area contributed by atoms with Crippen LogP contribution in [-0.4, -0.2) is 29.0 Å². The third kappa shape index (κ3) is 3.55. The van der Waals surface area contributed by atoms with Gasteiger partial charge in [-0.05, 0) is 49.1 Å². The van der Waals surface area contributed by atoms with Crippen LogP contribution in [0, 0.1) is 0 Å². The van der Waals surface area contributed by atoms with E-state index in [1.807, 2.05) is 0 Å². The highest BCUT2D eigenvalue weighted by Gasteiger charge is 2.45. The largest absolute Gasteiger partial charge is 0.344 e. The molecule has 144 valence electrons. The zero-order chi connectivity index (χ0) is 19.2. The lowest BCUT2D eigenvalue weighted by Crippen LogP contribution is -2.56. The first kappa shape index (κ1) is 18.0. The summed E-state index contributed by atoms with van der Waals surface area (Å²) >= 11 is 0. The van der Waals surface area contributed by atoms with Crippen molar-refractivity contribution in [3.63, 3.8) is 0 Å². The summed E-state index contributed by atoms with van der Waals surface area (Å²) in [6.07, 6.45) is 1.25. The van der Waals surface area contributed by atoms with E-state index in [1.54, 1.807) is 12.1 Å². The molecule has 0 aromatic carbocycles. The Morgan fingerprint density at radius 2 is 1.85 bits per heavy atom. The van der Waals surface area contributed by atoms with Gasteiger partial charge in [-0.1, -0.05) is 0 Å². The summed E-state index contributed by atoms with van der Waals surface area (Å²) in [5, 5.41) is 2.90. The van der Waals surface area contributed by atoms with Gasteiger partial charge in [0.2, 0.25) is 0 Å². The average Bonchev–Trinajstić information content (AvgIpc) is 2.57. The molecule has 2 fully saturated rings. The van der Waals surface area contributed by atoms with Crippen LogP contribution in [-0.2, 0) is 5.54 Å². The van der Waals surface area contributed by atoms with E-state index in [0.29, 0.717) is 11.6 Å². The van der Waals surface area contributed by atoms with Crippen molar-refractivity contribution < 1.29 is 17.6 Å². The lowest BCUT2D eigenvalue weighted by atomic mass is 9.73. The van der Waals surface area contributed by atoms with E-state index in [-0.39, 0.29) is 11.4 Å². The third-order valence-electron chi connectivity index (χ3n) is 5.09. The Bertz CT molecular complexity index is 845. The molecular weight excluding hydrogens is 362 g/mol. The predicted molar refractivity (Wildman–Crippen MR) is 93.6 cm³/mol. The summed E-state index contributed by atoms with van der Waals surface area (Å²) < 4.78 is 52.3. The van der Waals surface area contributed by atoms with Gasteiger partial charge in [0.05, 0.1) is 13.1 Å². The standard InChI is InChI=1S/C18H19F4N5/c19-16(20)11-2-5-24-13(6-11)25-14-7-12(17(23)3-1-4-17)8-15(26-14)27-9-18(21,22)10-27/h2,5-8,16H,1,3-4,9-10,23H2,(H,24,25,26). The number of nitrogens with zero attached hydrogens (tertiary/aromatic N) is 3. The van der Waals surface area contributed by atoms with Crippen LogP contribution in [0.4, 0.5) is 35.0 Å². The van der Waals surface area contributed by atoms with E-state index in [2.05, 4.69) is 15.3 Å². The maximum absolute atomic E-state index is 13.3. The van der Waals surface area contributed by atoms with Gasteiger partial charge in [0.15, 0.2) is 0 Å². The molecule has 3 N–H and O–H groups in total. The SMILES string of the molecule is NC1(c2cc(Nc3cc(C(F)F)ccn3)nc(N3CC(F)(F)C3)c2)CCC1. The second-order valence-electron chi connectivity index (χ2n) is 7.22. The van der Waals surface area contributed by atoms with E-state index < -0.39 is 31.0 Å². The van der Waals surface area contributed by atoms with Crippen LogP contribution in [0.5, 0.6) is 0 Å². The lowest BCUT2D eigenvalue weighted by molar-refractivity contribution is -0.0267. The van der Waals surface area contributed by atoms with Crippen molar-refractivity contribution in [2.24, 2.45) is 5.73 Å². The topological polar surface area (TPSA) is 67.1 Å². The highest BCUT2D eigenvalue weighted by Crippen LogP contribution is 2.41. The maximum atomic E-state index is 13.3. The Labute approximate surface area is 153 Å². The van der Waals surface area contributed by atoms with Gasteiger partial charge in [-0.15, -0.1) is 0 Å². The first-order valence-electron chi connectivity index (χ1n) is 8.70. The molecule has 2 aromatic heterocycles. The number of aromatic nitrogens is 2. The molecular formula is C18H19F4N5. The van der Waals surface area contributed by atoms with Crippen molar-refractivity contribution in [1.82, 2.24) is 9.97 Å². The number of nitrogens with one attached hydrogen (secondary N) is 1. The third-order valence-corrected chi connectivity index (χ3v) is 5.09. The molecule has 4 rings (SSSR count). The molecule has 3 heterocycles. The van der Waals surface area contributed by atoms with Crippen LogP contribution >= 0.6 is 0 Å². The van der Waals surface area contributed by atoms with Crippen molar-refractivity contribution >= 4 is 17.5 Å². The van der Waals surface area contributed by atoms with Crippen LogP contribution in [0.15, 0.2) is 30.5 Å². The van der Waals surface area contributed by atoms with E-state index in [1.165, 1.54) is 23.2 Å². The van der Waals surface area contributed by atoms with Crippen molar-refractivity contribution in [3.8, 4) is 0 Å². The Kier molecular flexibility index (Phi) is 4.21. The monoisotopic (exact) mass is 381 g/mol. The smallest absolute Gasteiger partial charge is 0.282 e. The molecule has 5 nitrogen and oxygen atoms in total. The van der Waals surface area contributed by atoms with Crippen LogP contribution in [0.3, 0.4) is 0 Å². The second kappa shape index (κ2) is 6.33. The predicted octanol–water partition coefficient (Wildman–Crippen LogP) is 3.95. The Balaban J connectivity index is 1.65. The molecule has 27 heavy (non-hydrogen) atoms. The highest BCUT2D eigenvalue weighted by molar-refractivity contribution is 5.59. The summed E-state index contributed by atoms with van der Waals surface area (Å²) in [6, 6.07) is 5.94. The van der Waals surface area contributed by atoms with Crippen molar-refractivity contribution in [3.05, 3.63) is 41.6 Å². The summed E-state index contributed by atoms with van der Waals surface area (Å²) in [4.78, 5) is 9.86. The van der Waals surface area contributed by atoms with Crippen molar-refractivity contribution in [1.29, 1.82) is 0 Å². The fourth-order valence-electron chi connectivity index (χ4n) is 3.33. The number of anilines is 3. The molecule has 2 aliphatic rings. The molecule has 0 amide bonds. The number of alkyl halides is 4. The molecule has 1 aliphatic heterocycles. The molecule has 0 atom stereocenters. The van der Waals surface area contributed by atoms with Crippen LogP contribution in [0.1, 0.15) is 36.8 Å². The summed E-state index contributed by atoms with van der Waals surface area (Å²) in [5.41, 5.74) is 6.51. The molecule has 2 aromatic rings. The number of hydrogen-bond donors (Lipinski definition) is 2. The summed E-state index contributed by atoms with van der Waals surface area (Å²) in [7, 11) is 0. The number of pyridine rings is 2.